The number of anilines is 1. The van der Waals surface area contributed by atoms with Gasteiger partial charge in [0.1, 0.15) is 18.8 Å². The third kappa shape index (κ3) is 4.22. The second-order valence-electron chi connectivity index (χ2n) is 6.53. The van der Waals surface area contributed by atoms with Gasteiger partial charge in [-0.15, -0.1) is 0 Å². The Morgan fingerprint density at radius 2 is 1.97 bits per heavy atom. The molecule has 1 aromatic heterocycles. The Morgan fingerprint density at radius 1 is 1.14 bits per heavy atom. The second-order valence-corrected chi connectivity index (χ2v) is 6.96. The van der Waals surface area contributed by atoms with E-state index in [2.05, 4.69) is 10.3 Å². The molecular weight excluding hydrogens is 390 g/mol. The number of nitrogens with zero attached hydrogens (tertiary/aromatic N) is 2. The van der Waals surface area contributed by atoms with E-state index in [1.165, 1.54) is 4.90 Å². The van der Waals surface area contributed by atoms with Crippen LogP contribution < -0.4 is 10.2 Å². The minimum Gasteiger partial charge on any atom is -0.467 e. The standard InChI is InChI=1S/C22H18ClN3O3/c23-16-8-9-19-18(11-16)22(15-5-2-1-3-6-15)25-13-21(28)26(19)14-20(27)24-12-17-7-4-10-29-17/h1-11H,12-14H2,(H,24,27). The molecule has 0 radical (unpaired) electrons. The Labute approximate surface area is 172 Å². The lowest BCUT2D eigenvalue weighted by Gasteiger charge is -2.22. The predicted octanol–water partition coefficient (Wildman–Crippen LogP) is 3.43. The molecule has 0 saturated heterocycles. The fraction of sp³-hybridized carbons (Fsp3) is 0.136. The van der Waals surface area contributed by atoms with Crippen molar-refractivity contribution in [2.45, 2.75) is 6.54 Å². The van der Waals surface area contributed by atoms with Crippen LogP contribution in [0.3, 0.4) is 0 Å². The number of nitrogens with one attached hydrogen (secondary N) is 1. The van der Waals surface area contributed by atoms with Crippen LogP contribution in [0.1, 0.15) is 16.9 Å². The van der Waals surface area contributed by atoms with Gasteiger partial charge in [0.2, 0.25) is 11.8 Å². The second kappa shape index (κ2) is 8.32. The average Bonchev–Trinajstić information content (AvgIpc) is 3.21. The molecule has 4 rings (SSSR count). The lowest BCUT2D eigenvalue weighted by Crippen LogP contribution is -2.41. The van der Waals surface area contributed by atoms with Gasteiger partial charge in [0.15, 0.2) is 0 Å². The summed E-state index contributed by atoms with van der Waals surface area (Å²) in [5.41, 5.74) is 2.88. The molecule has 146 valence electrons. The fourth-order valence-electron chi connectivity index (χ4n) is 3.20. The molecule has 0 spiro atoms. The van der Waals surface area contributed by atoms with Crippen molar-refractivity contribution in [3.63, 3.8) is 0 Å². The highest BCUT2D eigenvalue weighted by Crippen LogP contribution is 2.29. The van der Waals surface area contributed by atoms with Gasteiger partial charge in [0.25, 0.3) is 0 Å². The van der Waals surface area contributed by atoms with Gasteiger partial charge in [-0.1, -0.05) is 41.9 Å². The van der Waals surface area contributed by atoms with Gasteiger partial charge in [-0.3, -0.25) is 14.6 Å². The summed E-state index contributed by atoms with van der Waals surface area (Å²) in [6.07, 6.45) is 1.54. The number of halogens is 1. The summed E-state index contributed by atoms with van der Waals surface area (Å²) in [4.78, 5) is 31.2. The summed E-state index contributed by atoms with van der Waals surface area (Å²) >= 11 is 6.23. The first-order valence-corrected chi connectivity index (χ1v) is 9.49. The van der Waals surface area contributed by atoms with Crippen LogP contribution >= 0.6 is 11.6 Å². The highest BCUT2D eigenvalue weighted by atomic mass is 35.5. The molecule has 3 aromatic rings. The van der Waals surface area contributed by atoms with Crippen LogP contribution in [0.5, 0.6) is 0 Å². The van der Waals surface area contributed by atoms with Crippen LogP contribution in [0.4, 0.5) is 5.69 Å². The molecule has 2 heterocycles. The van der Waals surface area contributed by atoms with E-state index in [9.17, 15) is 9.59 Å². The number of fused-ring (bicyclic) bond motifs is 1. The zero-order chi connectivity index (χ0) is 20.2. The van der Waals surface area contributed by atoms with Gasteiger partial charge in [-0.05, 0) is 30.3 Å². The van der Waals surface area contributed by atoms with Crippen LogP contribution in [0.2, 0.25) is 5.02 Å². The third-order valence-electron chi connectivity index (χ3n) is 4.57. The van der Waals surface area contributed by atoms with E-state index >= 15 is 0 Å². The van der Waals surface area contributed by atoms with Crippen molar-refractivity contribution in [3.8, 4) is 0 Å². The SMILES string of the molecule is O=C(CN1C(=O)CN=C(c2ccccc2)c2cc(Cl)ccc21)NCc1ccco1. The topological polar surface area (TPSA) is 74.9 Å². The first kappa shape index (κ1) is 19.0. The van der Waals surface area contributed by atoms with E-state index in [1.807, 2.05) is 30.3 Å². The maximum Gasteiger partial charge on any atom is 0.249 e. The van der Waals surface area contributed by atoms with Crippen molar-refractivity contribution in [2.75, 3.05) is 18.0 Å². The van der Waals surface area contributed by atoms with Crippen molar-refractivity contribution in [1.29, 1.82) is 0 Å². The lowest BCUT2D eigenvalue weighted by atomic mass is 10.00. The molecule has 6 nitrogen and oxygen atoms in total. The maximum absolute atomic E-state index is 12.8. The Balaban J connectivity index is 1.63. The molecule has 1 aliphatic heterocycles. The summed E-state index contributed by atoms with van der Waals surface area (Å²) in [7, 11) is 0. The van der Waals surface area contributed by atoms with Gasteiger partial charge in [0, 0.05) is 16.1 Å². The number of aliphatic imine (C=N–C) groups is 1. The van der Waals surface area contributed by atoms with Crippen LogP contribution in [0, 0.1) is 0 Å². The van der Waals surface area contributed by atoms with Gasteiger partial charge >= 0.3 is 0 Å². The zero-order valence-corrected chi connectivity index (χ0v) is 16.2. The third-order valence-corrected chi connectivity index (χ3v) is 4.80. The van der Waals surface area contributed by atoms with Crippen molar-refractivity contribution >= 4 is 34.8 Å². The van der Waals surface area contributed by atoms with Crippen LogP contribution in [0.15, 0.2) is 76.3 Å². The number of rotatable bonds is 5. The number of carbonyl (C=O) groups excluding carboxylic acids is 2. The van der Waals surface area contributed by atoms with Gasteiger partial charge in [0.05, 0.1) is 24.2 Å². The largest absolute Gasteiger partial charge is 0.467 e. The number of benzene rings is 2. The fourth-order valence-corrected chi connectivity index (χ4v) is 3.37. The molecule has 1 aliphatic rings. The summed E-state index contributed by atoms with van der Waals surface area (Å²) in [5.74, 6) is 0.0916. The van der Waals surface area contributed by atoms with E-state index in [4.69, 9.17) is 16.0 Å². The molecule has 2 amide bonds. The van der Waals surface area contributed by atoms with Gasteiger partial charge in [-0.25, -0.2) is 0 Å². The number of carbonyl (C=O) groups is 2. The van der Waals surface area contributed by atoms with E-state index in [1.54, 1.807) is 36.6 Å². The highest BCUT2D eigenvalue weighted by molar-refractivity contribution is 6.32. The smallest absolute Gasteiger partial charge is 0.249 e. The number of amides is 2. The predicted molar refractivity (Wildman–Crippen MR) is 111 cm³/mol. The Bertz CT molecular complexity index is 1060. The molecule has 29 heavy (non-hydrogen) atoms. The zero-order valence-electron chi connectivity index (χ0n) is 15.5. The van der Waals surface area contributed by atoms with Crippen LogP contribution in [0.25, 0.3) is 0 Å². The lowest BCUT2D eigenvalue weighted by molar-refractivity contribution is -0.123. The monoisotopic (exact) mass is 407 g/mol. The Morgan fingerprint density at radius 3 is 2.72 bits per heavy atom. The number of hydrogen-bond acceptors (Lipinski definition) is 4. The average molecular weight is 408 g/mol. The van der Waals surface area contributed by atoms with Gasteiger partial charge < -0.3 is 14.6 Å². The Hall–Kier alpha value is -3.38. The summed E-state index contributed by atoms with van der Waals surface area (Å²) in [5, 5.41) is 3.30. The van der Waals surface area contributed by atoms with Gasteiger partial charge in [-0.2, -0.15) is 0 Å². The quantitative estimate of drug-likeness (QED) is 0.704. The number of furan rings is 1. The van der Waals surface area contributed by atoms with Crippen LogP contribution in [-0.4, -0.2) is 30.6 Å². The van der Waals surface area contributed by atoms with Crippen molar-refractivity contribution in [3.05, 3.63) is 88.8 Å². The highest BCUT2D eigenvalue weighted by Gasteiger charge is 2.27. The number of hydrogen-bond donors (Lipinski definition) is 1. The van der Waals surface area contributed by atoms with E-state index in [-0.39, 0.29) is 31.4 Å². The summed E-state index contributed by atoms with van der Waals surface area (Å²) in [6.45, 7) is 0.0842. The summed E-state index contributed by atoms with van der Waals surface area (Å²) < 4.78 is 5.22. The minimum atomic E-state index is -0.293. The van der Waals surface area contributed by atoms with E-state index in [0.29, 0.717) is 27.7 Å². The van der Waals surface area contributed by atoms with E-state index in [0.717, 1.165) is 5.56 Å². The molecule has 0 saturated carbocycles. The molecule has 0 atom stereocenters. The molecule has 0 fully saturated rings. The minimum absolute atomic E-state index is 0.0536. The summed E-state index contributed by atoms with van der Waals surface area (Å²) in [6, 6.07) is 18.4. The molecule has 7 heteroatoms. The first-order valence-electron chi connectivity index (χ1n) is 9.11. The molecule has 1 N–H and O–H groups in total. The van der Waals surface area contributed by atoms with Crippen molar-refractivity contribution < 1.29 is 14.0 Å². The maximum atomic E-state index is 12.8. The molecule has 2 aromatic carbocycles. The number of benzodiazepines with no additional fused rings is 1. The Kier molecular flexibility index (Phi) is 5.44. The molecule has 0 aliphatic carbocycles. The van der Waals surface area contributed by atoms with Crippen molar-refractivity contribution in [2.24, 2.45) is 4.99 Å². The molecule has 0 bridgehead atoms. The van der Waals surface area contributed by atoms with Crippen molar-refractivity contribution in [1.82, 2.24) is 5.32 Å². The van der Waals surface area contributed by atoms with E-state index < -0.39 is 0 Å². The molecule has 0 unspecified atom stereocenters. The molecular formula is C22H18ClN3O3. The first-order chi connectivity index (χ1) is 14.1. The van der Waals surface area contributed by atoms with Crippen LogP contribution in [-0.2, 0) is 16.1 Å². The normalized spacial score (nSPS) is 13.5.